The van der Waals surface area contributed by atoms with Gasteiger partial charge in [-0.1, -0.05) is 36.9 Å². The van der Waals surface area contributed by atoms with Crippen molar-refractivity contribution < 1.29 is 9.84 Å². The van der Waals surface area contributed by atoms with E-state index in [0.717, 1.165) is 54.4 Å². The highest BCUT2D eigenvalue weighted by Gasteiger charge is 2.41. The quantitative estimate of drug-likeness (QED) is 0.727. The minimum atomic E-state index is -0.217. The summed E-state index contributed by atoms with van der Waals surface area (Å²) in [6.45, 7) is 5.57. The second kappa shape index (κ2) is 6.84. The Morgan fingerprint density at radius 1 is 1.12 bits per heavy atom. The predicted octanol–water partition coefficient (Wildman–Crippen LogP) is 4.20. The first-order chi connectivity index (χ1) is 12.7. The molecule has 26 heavy (non-hydrogen) atoms. The lowest BCUT2D eigenvalue weighted by Crippen LogP contribution is -2.55. The van der Waals surface area contributed by atoms with Gasteiger partial charge in [0.15, 0.2) is 0 Å². The van der Waals surface area contributed by atoms with E-state index in [0.29, 0.717) is 6.54 Å². The fourth-order valence-electron chi connectivity index (χ4n) is 3.56. The molecule has 2 aromatic carbocycles. The molecule has 2 aromatic rings. The molecule has 2 aliphatic heterocycles. The van der Waals surface area contributed by atoms with Gasteiger partial charge in [0.25, 0.3) is 0 Å². The van der Waals surface area contributed by atoms with Crippen molar-refractivity contribution in [2.75, 3.05) is 23.8 Å². The summed E-state index contributed by atoms with van der Waals surface area (Å²) < 4.78 is 5.58. The molecule has 1 fully saturated rings. The maximum atomic E-state index is 9.61. The summed E-state index contributed by atoms with van der Waals surface area (Å²) in [7, 11) is 0. The molecule has 134 valence electrons. The SMILES string of the molecule is C=C(O)c1cccc(CN=C2Nc3ccccc3NC23CCOCC3)c1. The van der Waals surface area contributed by atoms with Gasteiger partial charge in [0.1, 0.15) is 11.6 Å². The first-order valence-electron chi connectivity index (χ1n) is 8.90. The van der Waals surface area contributed by atoms with Gasteiger partial charge in [-0.15, -0.1) is 0 Å². The highest BCUT2D eigenvalue weighted by atomic mass is 16.5. The number of nitrogens with zero attached hydrogens (tertiary/aromatic N) is 1. The molecular weight excluding hydrogens is 326 g/mol. The highest BCUT2D eigenvalue weighted by Crippen LogP contribution is 2.36. The molecule has 0 unspecified atom stereocenters. The van der Waals surface area contributed by atoms with Crippen molar-refractivity contribution >= 4 is 23.0 Å². The molecule has 0 bridgehead atoms. The van der Waals surface area contributed by atoms with Crippen molar-refractivity contribution in [3.05, 3.63) is 66.2 Å². The van der Waals surface area contributed by atoms with E-state index in [4.69, 9.17) is 9.73 Å². The van der Waals surface area contributed by atoms with Gasteiger partial charge in [-0.25, -0.2) is 0 Å². The van der Waals surface area contributed by atoms with Gasteiger partial charge in [0, 0.05) is 31.6 Å². The van der Waals surface area contributed by atoms with Gasteiger partial charge in [-0.05, 0) is 23.8 Å². The lowest BCUT2D eigenvalue weighted by atomic mass is 9.86. The maximum Gasteiger partial charge on any atom is 0.127 e. The van der Waals surface area contributed by atoms with Crippen LogP contribution in [0.25, 0.3) is 5.76 Å². The van der Waals surface area contributed by atoms with Crippen LogP contribution in [0.4, 0.5) is 11.4 Å². The largest absolute Gasteiger partial charge is 0.508 e. The summed E-state index contributed by atoms with van der Waals surface area (Å²) in [4.78, 5) is 4.91. The molecule has 3 N–H and O–H groups in total. The zero-order valence-corrected chi connectivity index (χ0v) is 14.7. The van der Waals surface area contributed by atoms with Crippen LogP contribution in [0, 0.1) is 0 Å². The third kappa shape index (κ3) is 3.18. The summed E-state index contributed by atoms with van der Waals surface area (Å²) in [5.74, 6) is 1.03. The van der Waals surface area contributed by atoms with Crippen LogP contribution < -0.4 is 10.6 Å². The molecule has 0 aromatic heterocycles. The van der Waals surface area contributed by atoms with Crippen LogP contribution in [0.3, 0.4) is 0 Å². The van der Waals surface area contributed by atoms with E-state index in [-0.39, 0.29) is 11.3 Å². The molecule has 1 saturated heterocycles. The number of aliphatic hydroxyl groups excluding tert-OH is 1. The van der Waals surface area contributed by atoms with Gasteiger partial charge in [0.2, 0.25) is 0 Å². The Balaban J connectivity index is 1.65. The third-order valence-electron chi connectivity index (χ3n) is 5.03. The fourth-order valence-corrected chi connectivity index (χ4v) is 3.56. The number of hydrogen-bond donors (Lipinski definition) is 3. The Hall–Kier alpha value is -2.79. The zero-order chi connectivity index (χ0) is 18.0. The van der Waals surface area contributed by atoms with E-state index < -0.39 is 0 Å². The molecule has 4 rings (SSSR count). The summed E-state index contributed by atoms with van der Waals surface area (Å²) in [6, 6.07) is 15.9. The van der Waals surface area contributed by atoms with Crippen molar-refractivity contribution in [1.82, 2.24) is 0 Å². The Morgan fingerprint density at radius 3 is 2.65 bits per heavy atom. The molecule has 0 saturated carbocycles. The Bertz CT molecular complexity index is 854. The first-order valence-corrected chi connectivity index (χ1v) is 8.90. The number of aliphatic imine (C=N–C) groups is 1. The van der Waals surface area contributed by atoms with Crippen molar-refractivity contribution in [1.29, 1.82) is 0 Å². The topological polar surface area (TPSA) is 65.9 Å². The fraction of sp³-hybridized carbons (Fsp3) is 0.286. The number of aliphatic hydroxyl groups is 1. The Morgan fingerprint density at radius 2 is 1.88 bits per heavy atom. The lowest BCUT2D eigenvalue weighted by molar-refractivity contribution is 0.0778. The van der Waals surface area contributed by atoms with Crippen LogP contribution in [0.15, 0.2) is 60.1 Å². The number of rotatable bonds is 3. The summed E-state index contributed by atoms with van der Waals surface area (Å²) in [5, 5.41) is 16.8. The summed E-state index contributed by atoms with van der Waals surface area (Å²) in [6.07, 6.45) is 1.75. The third-order valence-corrected chi connectivity index (χ3v) is 5.03. The van der Waals surface area contributed by atoms with E-state index in [2.05, 4.69) is 29.3 Å². The molecule has 0 radical (unpaired) electrons. The van der Waals surface area contributed by atoms with Gasteiger partial charge in [0.05, 0.1) is 23.5 Å². The van der Waals surface area contributed by atoms with E-state index in [1.165, 1.54) is 0 Å². The van der Waals surface area contributed by atoms with Crippen LogP contribution in [-0.4, -0.2) is 29.7 Å². The standard InChI is InChI=1S/C21H23N3O2/c1-15(25)17-6-4-5-16(13-17)14-22-20-21(9-11-26-12-10-21)24-19-8-3-2-7-18(19)23-20/h2-8,13,24-25H,1,9-12,14H2,(H,22,23). The number of benzene rings is 2. The van der Waals surface area contributed by atoms with Crippen molar-refractivity contribution in [3.63, 3.8) is 0 Å². The molecule has 5 nitrogen and oxygen atoms in total. The van der Waals surface area contributed by atoms with E-state index in [9.17, 15) is 5.11 Å². The number of hydrogen-bond acceptors (Lipinski definition) is 4. The van der Waals surface area contributed by atoms with Crippen LogP contribution in [0.2, 0.25) is 0 Å². The highest BCUT2D eigenvalue weighted by molar-refractivity contribution is 6.09. The van der Waals surface area contributed by atoms with Crippen molar-refractivity contribution in [2.45, 2.75) is 24.9 Å². The van der Waals surface area contributed by atoms with Crippen molar-refractivity contribution in [2.24, 2.45) is 4.99 Å². The number of anilines is 2. The average molecular weight is 349 g/mol. The number of para-hydroxylation sites is 2. The molecule has 0 atom stereocenters. The minimum Gasteiger partial charge on any atom is -0.508 e. The van der Waals surface area contributed by atoms with E-state index in [1.807, 2.05) is 36.4 Å². The summed E-state index contributed by atoms with van der Waals surface area (Å²) >= 11 is 0. The molecule has 1 spiro atoms. The molecular formula is C21H23N3O2. The zero-order valence-electron chi connectivity index (χ0n) is 14.7. The Labute approximate surface area is 153 Å². The second-order valence-electron chi connectivity index (χ2n) is 6.80. The maximum absolute atomic E-state index is 9.61. The smallest absolute Gasteiger partial charge is 0.127 e. The molecule has 0 amide bonds. The number of amidine groups is 1. The lowest BCUT2D eigenvalue weighted by Gasteiger charge is -2.43. The van der Waals surface area contributed by atoms with Crippen LogP contribution >= 0.6 is 0 Å². The number of nitrogens with one attached hydrogen (secondary N) is 2. The second-order valence-corrected chi connectivity index (χ2v) is 6.80. The number of fused-ring (bicyclic) bond motifs is 1. The van der Waals surface area contributed by atoms with Gasteiger partial charge in [-0.2, -0.15) is 0 Å². The normalized spacial score (nSPS) is 19.5. The van der Waals surface area contributed by atoms with Gasteiger partial charge in [-0.3, -0.25) is 4.99 Å². The first kappa shape index (κ1) is 16.7. The average Bonchev–Trinajstić information content (AvgIpc) is 2.67. The van der Waals surface area contributed by atoms with Gasteiger partial charge >= 0.3 is 0 Å². The van der Waals surface area contributed by atoms with Crippen molar-refractivity contribution in [3.8, 4) is 0 Å². The molecule has 5 heteroatoms. The van der Waals surface area contributed by atoms with E-state index in [1.54, 1.807) is 0 Å². The van der Waals surface area contributed by atoms with Crippen LogP contribution in [0.5, 0.6) is 0 Å². The van der Waals surface area contributed by atoms with Crippen LogP contribution in [0.1, 0.15) is 24.0 Å². The van der Waals surface area contributed by atoms with E-state index >= 15 is 0 Å². The number of ether oxygens (including phenoxy) is 1. The van der Waals surface area contributed by atoms with Crippen LogP contribution in [-0.2, 0) is 11.3 Å². The molecule has 2 heterocycles. The monoisotopic (exact) mass is 349 g/mol. The van der Waals surface area contributed by atoms with Gasteiger partial charge < -0.3 is 20.5 Å². The molecule has 0 aliphatic carbocycles. The molecule has 2 aliphatic rings. The minimum absolute atomic E-state index is 0.0757. The predicted molar refractivity (Wildman–Crippen MR) is 106 cm³/mol. The Kier molecular flexibility index (Phi) is 4.39. The summed E-state index contributed by atoms with van der Waals surface area (Å²) in [5.41, 5.74) is 3.69.